The summed E-state index contributed by atoms with van der Waals surface area (Å²) in [6.07, 6.45) is 1.01. The van der Waals surface area contributed by atoms with Gasteiger partial charge in [0.1, 0.15) is 11.6 Å². The lowest BCUT2D eigenvalue weighted by atomic mass is 9.87. The molecule has 0 aromatic heterocycles. The molecule has 0 aliphatic carbocycles. The molecule has 3 rings (SSSR count). The molecular weight excluding hydrogens is 321 g/mol. The van der Waals surface area contributed by atoms with Crippen molar-refractivity contribution in [1.82, 2.24) is 4.90 Å². The summed E-state index contributed by atoms with van der Waals surface area (Å²) in [5.41, 5.74) is 0.918. The Kier molecular flexibility index (Phi) is 5.66. The van der Waals surface area contributed by atoms with E-state index in [2.05, 4.69) is 0 Å². The van der Waals surface area contributed by atoms with Gasteiger partial charge in [-0.25, -0.2) is 4.39 Å². The molecule has 1 amide bonds. The fraction of sp³-hybridized carbons (Fsp3) is 0.350. The quantitative estimate of drug-likeness (QED) is 0.907. The van der Waals surface area contributed by atoms with Gasteiger partial charge in [0.25, 0.3) is 5.91 Å². The van der Waals surface area contributed by atoms with Crippen LogP contribution in [0.4, 0.5) is 4.39 Å². The smallest absolute Gasteiger partial charge is 0.260 e. The summed E-state index contributed by atoms with van der Waals surface area (Å²) in [5, 5.41) is 10.5. The summed E-state index contributed by atoms with van der Waals surface area (Å²) in [7, 11) is 0. The lowest BCUT2D eigenvalue weighted by molar-refractivity contribution is -0.135. The van der Waals surface area contributed by atoms with Crippen molar-refractivity contribution in [2.45, 2.75) is 18.9 Å². The van der Waals surface area contributed by atoms with Crippen molar-refractivity contribution >= 4 is 5.91 Å². The molecule has 0 radical (unpaired) electrons. The molecule has 1 heterocycles. The zero-order chi connectivity index (χ0) is 17.6. The van der Waals surface area contributed by atoms with Crippen LogP contribution in [0.15, 0.2) is 54.6 Å². The number of aliphatic hydroxyl groups excluding tert-OH is 1. The topological polar surface area (TPSA) is 49.8 Å². The molecule has 0 spiro atoms. The monoisotopic (exact) mass is 343 g/mol. The molecule has 25 heavy (non-hydrogen) atoms. The zero-order valence-corrected chi connectivity index (χ0v) is 14.0. The number of ether oxygens (including phenoxy) is 1. The summed E-state index contributed by atoms with van der Waals surface area (Å²) in [4.78, 5) is 14.0. The van der Waals surface area contributed by atoms with Crippen LogP contribution in [0, 0.1) is 11.7 Å². The Morgan fingerprint density at radius 3 is 2.56 bits per heavy atom. The van der Waals surface area contributed by atoms with Gasteiger partial charge in [0.15, 0.2) is 6.61 Å². The van der Waals surface area contributed by atoms with E-state index in [0.717, 1.165) is 18.4 Å². The second-order valence-corrected chi connectivity index (χ2v) is 6.32. The highest BCUT2D eigenvalue weighted by molar-refractivity contribution is 5.77. The van der Waals surface area contributed by atoms with Crippen molar-refractivity contribution in [2.24, 2.45) is 5.92 Å². The van der Waals surface area contributed by atoms with Gasteiger partial charge in [-0.05, 0) is 36.5 Å². The minimum absolute atomic E-state index is 0.102. The fourth-order valence-electron chi connectivity index (χ4n) is 3.18. The van der Waals surface area contributed by atoms with E-state index in [4.69, 9.17) is 4.74 Å². The van der Waals surface area contributed by atoms with Gasteiger partial charge in [-0.2, -0.15) is 0 Å². The first-order valence-electron chi connectivity index (χ1n) is 8.52. The van der Waals surface area contributed by atoms with Gasteiger partial charge in [-0.1, -0.05) is 36.4 Å². The second kappa shape index (κ2) is 8.12. The Hall–Kier alpha value is -2.40. The molecular formula is C20H22FNO3. The first kappa shape index (κ1) is 17.4. The van der Waals surface area contributed by atoms with Crippen molar-refractivity contribution in [2.75, 3.05) is 19.7 Å². The minimum Gasteiger partial charge on any atom is -0.484 e. The Morgan fingerprint density at radius 2 is 1.88 bits per heavy atom. The highest BCUT2D eigenvalue weighted by Gasteiger charge is 2.28. The molecule has 5 heteroatoms. The van der Waals surface area contributed by atoms with Gasteiger partial charge in [0.2, 0.25) is 0 Å². The third-order valence-electron chi connectivity index (χ3n) is 4.64. The Morgan fingerprint density at radius 1 is 1.16 bits per heavy atom. The van der Waals surface area contributed by atoms with E-state index >= 15 is 0 Å². The molecule has 2 aromatic rings. The summed E-state index contributed by atoms with van der Waals surface area (Å²) >= 11 is 0. The van der Waals surface area contributed by atoms with Gasteiger partial charge in [0, 0.05) is 19.2 Å². The molecule has 1 aliphatic rings. The highest BCUT2D eigenvalue weighted by atomic mass is 19.1. The molecule has 0 bridgehead atoms. The second-order valence-electron chi connectivity index (χ2n) is 6.32. The standard InChI is InChI=1S/C20H22FNO3/c21-17-7-4-8-18(13-17)25-14-19(23)22-11-9-16(10-12-22)20(24)15-5-2-1-3-6-15/h1-8,13,16,20,24H,9-12,14H2/t20-/m0/s1. The number of rotatable bonds is 5. The van der Waals surface area contributed by atoms with E-state index in [1.807, 2.05) is 30.3 Å². The van der Waals surface area contributed by atoms with Crippen LogP contribution in [-0.4, -0.2) is 35.6 Å². The SMILES string of the molecule is O=C(COc1cccc(F)c1)N1CCC([C@@H](O)c2ccccc2)CC1. The van der Waals surface area contributed by atoms with Gasteiger partial charge >= 0.3 is 0 Å². The highest BCUT2D eigenvalue weighted by Crippen LogP contribution is 2.30. The lowest BCUT2D eigenvalue weighted by Crippen LogP contribution is -2.42. The molecule has 2 aromatic carbocycles. The minimum atomic E-state index is -0.498. The molecule has 1 fully saturated rings. The third kappa shape index (κ3) is 4.57. The number of amides is 1. The molecule has 132 valence electrons. The molecule has 1 saturated heterocycles. The number of hydrogen-bond acceptors (Lipinski definition) is 3. The van der Waals surface area contributed by atoms with Crippen LogP contribution < -0.4 is 4.74 Å². The average molecular weight is 343 g/mol. The van der Waals surface area contributed by atoms with Crippen LogP contribution in [-0.2, 0) is 4.79 Å². The van der Waals surface area contributed by atoms with Crippen LogP contribution in [0.2, 0.25) is 0 Å². The van der Waals surface area contributed by atoms with Crippen molar-refractivity contribution in [3.8, 4) is 5.75 Å². The Bertz CT molecular complexity index is 699. The number of aliphatic hydroxyl groups is 1. The van der Waals surface area contributed by atoms with Crippen molar-refractivity contribution in [1.29, 1.82) is 0 Å². The van der Waals surface area contributed by atoms with E-state index in [9.17, 15) is 14.3 Å². The largest absolute Gasteiger partial charge is 0.484 e. The van der Waals surface area contributed by atoms with E-state index in [1.165, 1.54) is 12.1 Å². The van der Waals surface area contributed by atoms with Crippen LogP contribution in [0.5, 0.6) is 5.75 Å². The maximum atomic E-state index is 13.1. The van der Waals surface area contributed by atoms with Gasteiger partial charge in [-0.3, -0.25) is 4.79 Å². The number of likely N-dealkylation sites (tertiary alicyclic amines) is 1. The number of carbonyl (C=O) groups is 1. The predicted octanol–water partition coefficient (Wildman–Crippen LogP) is 3.18. The van der Waals surface area contributed by atoms with E-state index < -0.39 is 6.10 Å². The maximum Gasteiger partial charge on any atom is 0.260 e. The van der Waals surface area contributed by atoms with Crippen LogP contribution in [0.25, 0.3) is 0 Å². The zero-order valence-electron chi connectivity index (χ0n) is 14.0. The van der Waals surface area contributed by atoms with Crippen molar-refractivity contribution < 1.29 is 19.0 Å². The van der Waals surface area contributed by atoms with E-state index in [1.54, 1.807) is 17.0 Å². The van der Waals surface area contributed by atoms with Crippen LogP contribution in [0.3, 0.4) is 0 Å². The lowest BCUT2D eigenvalue weighted by Gasteiger charge is -2.34. The first-order valence-corrected chi connectivity index (χ1v) is 8.52. The van der Waals surface area contributed by atoms with Gasteiger partial charge in [-0.15, -0.1) is 0 Å². The molecule has 1 N–H and O–H groups in total. The van der Waals surface area contributed by atoms with E-state index in [0.29, 0.717) is 18.8 Å². The molecule has 0 saturated carbocycles. The van der Waals surface area contributed by atoms with Crippen molar-refractivity contribution in [3.63, 3.8) is 0 Å². The number of piperidine rings is 1. The summed E-state index contributed by atoms with van der Waals surface area (Å²) < 4.78 is 18.5. The van der Waals surface area contributed by atoms with Crippen molar-refractivity contribution in [3.05, 3.63) is 66.0 Å². The third-order valence-corrected chi connectivity index (χ3v) is 4.64. The molecule has 0 unspecified atom stereocenters. The Balaban J connectivity index is 1.47. The van der Waals surface area contributed by atoms with E-state index in [-0.39, 0.29) is 24.2 Å². The van der Waals surface area contributed by atoms with Gasteiger partial charge < -0.3 is 14.7 Å². The number of benzene rings is 2. The number of halogens is 1. The predicted molar refractivity (Wildman–Crippen MR) is 92.6 cm³/mol. The maximum absolute atomic E-state index is 13.1. The Labute approximate surface area is 146 Å². The summed E-state index contributed by atoms with van der Waals surface area (Å²) in [6, 6.07) is 15.4. The number of nitrogens with zero attached hydrogens (tertiary/aromatic N) is 1. The average Bonchev–Trinajstić information content (AvgIpc) is 2.66. The van der Waals surface area contributed by atoms with Crippen LogP contribution in [0.1, 0.15) is 24.5 Å². The normalized spacial score (nSPS) is 16.5. The summed E-state index contributed by atoms with van der Waals surface area (Å²) in [6.45, 7) is 1.09. The van der Waals surface area contributed by atoms with Crippen LogP contribution >= 0.6 is 0 Å². The number of hydrogen-bond donors (Lipinski definition) is 1. The molecule has 4 nitrogen and oxygen atoms in total. The molecule has 1 aliphatic heterocycles. The number of carbonyl (C=O) groups excluding carboxylic acids is 1. The molecule has 1 atom stereocenters. The first-order chi connectivity index (χ1) is 12.1. The summed E-state index contributed by atoms with van der Waals surface area (Å²) in [5.74, 6) is -0.00380. The van der Waals surface area contributed by atoms with Gasteiger partial charge in [0.05, 0.1) is 6.10 Å². The fourth-order valence-corrected chi connectivity index (χ4v) is 3.18.